The SMILES string of the molecule is CCC1(C(=O)NC(C)CC(C)(C)c2ccccc2)CCC1. The summed E-state index contributed by atoms with van der Waals surface area (Å²) in [5.74, 6) is 0.271. The molecule has 1 N–H and O–H groups in total. The molecule has 1 aliphatic rings. The maximum Gasteiger partial charge on any atom is 0.226 e. The summed E-state index contributed by atoms with van der Waals surface area (Å²) in [4.78, 5) is 12.5. The first-order chi connectivity index (χ1) is 9.89. The molecule has 1 aromatic carbocycles. The van der Waals surface area contributed by atoms with E-state index < -0.39 is 0 Å². The Morgan fingerprint density at radius 3 is 2.38 bits per heavy atom. The second-order valence-corrected chi connectivity index (χ2v) is 7.32. The summed E-state index contributed by atoms with van der Waals surface area (Å²) in [5, 5.41) is 3.26. The lowest BCUT2D eigenvalue weighted by Gasteiger charge is -2.41. The van der Waals surface area contributed by atoms with E-state index in [1.165, 1.54) is 12.0 Å². The number of carbonyl (C=O) groups is 1. The Bertz CT molecular complexity index is 468. The van der Waals surface area contributed by atoms with Gasteiger partial charge in [0.2, 0.25) is 5.91 Å². The van der Waals surface area contributed by atoms with Gasteiger partial charge in [0.25, 0.3) is 0 Å². The maximum atomic E-state index is 12.5. The second kappa shape index (κ2) is 6.21. The lowest BCUT2D eigenvalue weighted by Crippen LogP contribution is -2.49. The van der Waals surface area contributed by atoms with Crippen molar-refractivity contribution in [1.82, 2.24) is 5.32 Å². The van der Waals surface area contributed by atoms with Crippen molar-refractivity contribution in [1.29, 1.82) is 0 Å². The van der Waals surface area contributed by atoms with Gasteiger partial charge in [-0.15, -0.1) is 0 Å². The zero-order chi connectivity index (χ0) is 15.5. The van der Waals surface area contributed by atoms with Crippen LogP contribution in [0.25, 0.3) is 0 Å². The average molecular weight is 287 g/mol. The lowest BCUT2D eigenvalue weighted by molar-refractivity contribution is -0.137. The van der Waals surface area contributed by atoms with Crippen molar-refractivity contribution in [2.75, 3.05) is 0 Å². The first-order valence-electron chi connectivity index (χ1n) is 8.26. The fourth-order valence-corrected chi connectivity index (χ4v) is 3.55. The van der Waals surface area contributed by atoms with Crippen LogP contribution >= 0.6 is 0 Å². The molecular weight excluding hydrogens is 258 g/mol. The molecule has 2 nitrogen and oxygen atoms in total. The highest BCUT2D eigenvalue weighted by Gasteiger charge is 2.42. The zero-order valence-electron chi connectivity index (χ0n) is 13.9. The molecule has 1 fully saturated rings. The van der Waals surface area contributed by atoms with E-state index >= 15 is 0 Å². The van der Waals surface area contributed by atoms with E-state index in [2.05, 4.69) is 57.3 Å². The quantitative estimate of drug-likeness (QED) is 0.823. The minimum atomic E-state index is -0.0643. The van der Waals surface area contributed by atoms with E-state index in [-0.39, 0.29) is 22.8 Å². The molecule has 0 spiro atoms. The van der Waals surface area contributed by atoms with Crippen LogP contribution in [0.4, 0.5) is 0 Å². The van der Waals surface area contributed by atoms with Crippen molar-refractivity contribution in [3.63, 3.8) is 0 Å². The summed E-state index contributed by atoms with van der Waals surface area (Å²) < 4.78 is 0. The van der Waals surface area contributed by atoms with Gasteiger partial charge >= 0.3 is 0 Å². The van der Waals surface area contributed by atoms with E-state index in [4.69, 9.17) is 0 Å². The highest BCUT2D eigenvalue weighted by Crippen LogP contribution is 2.44. The third-order valence-electron chi connectivity index (χ3n) is 5.22. The molecule has 1 saturated carbocycles. The normalized spacial score (nSPS) is 18.7. The van der Waals surface area contributed by atoms with Crippen LogP contribution in [0.1, 0.15) is 65.4 Å². The van der Waals surface area contributed by atoms with Crippen LogP contribution in [-0.2, 0) is 10.2 Å². The van der Waals surface area contributed by atoms with E-state index in [0.29, 0.717) is 0 Å². The van der Waals surface area contributed by atoms with Gasteiger partial charge in [0, 0.05) is 11.5 Å². The molecule has 21 heavy (non-hydrogen) atoms. The first kappa shape index (κ1) is 16.1. The number of benzene rings is 1. The fraction of sp³-hybridized carbons (Fsp3) is 0.632. The molecule has 2 heteroatoms. The maximum absolute atomic E-state index is 12.5. The molecule has 1 atom stereocenters. The molecule has 0 saturated heterocycles. The topological polar surface area (TPSA) is 29.1 Å². The molecule has 1 unspecified atom stereocenters. The first-order valence-corrected chi connectivity index (χ1v) is 8.26. The van der Waals surface area contributed by atoms with Crippen LogP contribution in [-0.4, -0.2) is 11.9 Å². The largest absolute Gasteiger partial charge is 0.353 e. The van der Waals surface area contributed by atoms with Crippen LogP contribution in [0.5, 0.6) is 0 Å². The Morgan fingerprint density at radius 2 is 1.90 bits per heavy atom. The molecule has 1 aliphatic carbocycles. The van der Waals surface area contributed by atoms with Crippen LogP contribution in [0.2, 0.25) is 0 Å². The van der Waals surface area contributed by atoms with E-state index in [0.717, 1.165) is 25.7 Å². The van der Waals surface area contributed by atoms with Crippen molar-refractivity contribution in [2.24, 2.45) is 5.41 Å². The third-order valence-corrected chi connectivity index (χ3v) is 5.22. The highest BCUT2D eigenvalue weighted by atomic mass is 16.2. The van der Waals surface area contributed by atoms with Gasteiger partial charge in [-0.1, -0.05) is 57.5 Å². The standard InChI is InChI=1S/C19H29NO/c1-5-19(12-9-13-19)17(21)20-15(2)14-18(3,4)16-10-7-6-8-11-16/h6-8,10-11,15H,5,9,12-14H2,1-4H3,(H,20,21). The molecular formula is C19H29NO. The Labute approximate surface area is 129 Å². The monoisotopic (exact) mass is 287 g/mol. The van der Waals surface area contributed by atoms with Gasteiger partial charge in [-0.05, 0) is 43.6 Å². The van der Waals surface area contributed by atoms with Crippen molar-refractivity contribution in [2.45, 2.75) is 71.3 Å². The summed E-state index contributed by atoms with van der Waals surface area (Å²) in [5.41, 5.74) is 1.35. The van der Waals surface area contributed by atoms with Gasteiger partial charge in [-0.2, -0.15) is 0 Å². The predicted octanol–water partition coefficient (Wildman–Crippen LogP) is 4.44. The van der Waals surface area contributed by atoms with Crippen molar-refractivity contribution in [3.05, 3.63) is 35.9 Å². The van der Waals surface area contributed by atoms with Crippen molar-refractivity contribution < 1.29 is 4.79 Å². The number of hydrogen-bond acceptors (Lipinski definition) is 1. The fourth-order valence-electron chi connectivity index (χ4n) is 3.55. The molecule has 116 valence electrons. The molecule has 1 amide bonds. The molecule has 0 radical (unpaired) electrons. The minimum absolute atomic E-state index is 0.0643. The summed E-state index contributed by atoms with van der Waals surface area (Å²) in [6, 6.07) is 10.8. The Balaban J connectivity index is 1.95. The third kappa shape index (κ3) is 3.48. The second-order valence-electron chi connectivity index (χ2n) is 7.32. The van der Waals surface area contributed by atoms with Gasteiger partial charge in [-0.3, -0.25) is 4.79 Å². The number of nitrogens with one attached hydrogen (secondary N) is 1. The summed E-state index contributed by atoms with van der Waals surface area (Å²) in [6.45, 7) is 8.77. The number of amides is 1. The predicted molar refractivity (Wildman–Crippen MR) is 88.3 cm³/mol. The lowest BCUT2D eigenvalue weighted by atomic mass is 9.66. The molecule has 0 bridgehead atoms. The van der Waals surface area contributed by atoms with Crippen LogP contribution in [0, 0.1) is 5.41 Å². The smallest absolute Gasteiger partial charge is 0.226 e. The summed E-state index contributed by atoms with van der Waals surface area (Å²) in [7, 11) is 0. The van der Waals surface area contributed by atoms with E-state index in [1.54, 1.807) is 0 Å². The Hall–Kier alpha value is -1.31. The Morgan fingerprint density at radius 1 is 1.29 bits per heavy atom. The summed E-state index contributed by atoms with van der Waals surface area (Å²) in [6.07, 6.45) is 5.25. The van der Waals surface area contributed by atoms with E-state index in [1.807, 2.05) is 6.07 Å². The molecule has 0 heterocycles. The number of carbonyl (C=O) groups excluding carboxylic acids is 1. The van der Waals surface area contributed by atoms with Gasteiger partial charge in [-0.25, -0.2) is 0 Å². The minimum Gasteiger partial charge on any atom is -0.353 e. The van der Waals surface area contributed by atoms with E-state index in [9.17, 15) is 4.79 Å². The van der Waals surface area contributed by atoms with Gasteiger partial charge < -0.3 is 5.32 Å². The molecule has 0 aliphatic heterocycles. The molecule has 0 aromatic heterocycles. The van der Waals surface area contributed by atoms with Crippen LogP contribution < -0.4 is 5.32 Å². The number of rotatable bonds is 6. The van der Waals surface area contributed by atoms with Gasteiger partial charge in [0.1, 0.15) is 0 Å². The van der Waals surface area contributed by atoms with Gasteiger partial charge in [0.05, 0.1) is 0 Å². The molecule has 2 rings (SSSR count). The summed E-state index contributed by atoms with van der Waals surface area (Å²) >= 11 is 0. The Kier molecular flexibility index (Phi) is 4.75. The molecule has 1 aromatic rings. The average Bonchev–Trinajstić information content (AvgIpc) is 2.38. The van der Waals surface area contributed by atoms with Crippen molar-refractivity contribution >= 4 is 5.91 Å². The van der Waals surface area contributed by atoms with Crippen LogP contribution in [0.15, 0.2) is 30.3 Å². The zero-order valence-corrected chi connectivity index (χ0v) is 13.9. The van der Waals surface area contributed by atoms with Crippen molar-refractivity contribution in [3.8, 4) is 0 Å². The van der Waals surface area contributed by atoms with Crippen LogP contribution in [0.3, 0.4) is 0 Å². The van der Waals surface area contributed by atoms with Gasteiger partial charge in [0.15, 0.2) is 0 Å². The number of hydrogen-bond donors (Lipinski definition) is 1. The highest BCUT2D eigenvalue weighted by molar-refractivity contribution is 5.83.